The number of nitrogens with zero attached hydrogens (tertiary/aromatic N) is 4. The lowest BCUT2D eigenvalue weighted by molar-refractivity contribution is -0.136. The smallest absolute Gasteiger partial charge is 0.262 e. The summed E-state index contributed by atoms with van der Waals surface area (Å²) in [6, 6.07) is 4.42. The minimum Gasteiger partial charge on any atom is -0.314 e. The number of carbonyl (C=O) groups excluding carboxylic acids is 4. The van der Waals surface area contributed by atoms with Crippen molar-refractivity contribution in [3.63, 3.8) is 0 Å². The van der Waals surface area contributed by atoms with Gasteiger partial charge >= 0.3 is 0 Å². The molecule has 4 aliphatic rings. The van der Waals surface area contributed by atoms with E-state index < -0.39 is 23.8 Å². The minimum atomic E-state index is -0.933. The van der Waals surface area contributed by atoms with Gasteiger partial charge in [0.1, 0.15) is 6.04 Å². The fraction of sp³-hybridized carbons (Fsp3) is 0.583. The van der Waals surface area contributed by atoms with Crippen LogP contribution < -0.4 is 10.6 Å². The van der Waals surface area contributed by atoms with Crippen LogP contribution in [0.25, 0.3) is 0 Å². The number of hydrogen-bond donors (Lipinski definition) is 2. The molecule has 3 fully saturated rings. The lowest BCUT2D eigenvalue weighted by atomic mass is 10.0. The highest BCUT2D eigenvalue weighted by Gasteiger charge is 2.45. The molecule has 3 saturated heterocycles. The molecule has 0 aromatic heterocycles. The zero-order chi connectivity index (χ0) is 23.7. The molecule has 10 nitrogen and oxygen atoms in total. The molecule has 10 heteroatoms. The molecule has 2 N–H and O–H groups in total. The third kappa shape index (κ3) is 4.63. The monoisotopic (exact) mass is 468 g/mol. The van der Waals surface area contributed by atoms with Gasteiger partial charge in [-0.25, -0.2) is 0 Å². The quantitative estimate of drug-likeness (QED) is 0.518. The van der Waals surface area contributed by atoms with E-state index in [1.807, 2.05) is 6.07 Å². The van der Waals surface area contributed by atoms with Crippen LogP contribution in [0.15, 0.2) is 18.2 Å². The number of piperazine rings is 2. The molecule has 0 radical (unpaired) electrons. The molecule has 5 rings (SSSR count). The first-order valence-corrected chi connectivity index (χ1v) is 12.2. The van der Waals surface area contributed by atoms with E-state index in [9.17, 15) is 19.2 Å². The molecule has 0 spiro atoms. The largest absolute Gasteiger partial charge is 0.314 e. The van der Waals surface area contributed by atoms with Crippen LogP contribution >= 0.6 is 0 Å². The molecule has 1 atom stereocenters. The normalized spacial score (nSPS) is 25.1. The molecule has 34 heavy (non-hydrogen) atoms. The highest BCUT2D eigenvalue weighted by molar-refractivity contribution is 6.24. The van der Waals surface area contributed by atoms with E-state index in [0.29, 0.717) is 17.7 Å². The number of imide groups is 2. The SMILES string of the molecule is O=C1CCC(N2C(=O)c3cccc(CN4CCN(CCN5CCNCC5)CC4)c3C2=O)C(=O)N1. The van der Waals surface area contributed by atoms with E-state index >= 15 is 0 Å². The average Bonchev–Trinajstić information content (AvgIpc) is 3.10. The summed E-state index contributed by atoms with van der Waals surface area (Å²) in [6.07, 6.45) is 0.289. The van der Waals surface area contributed by atoms with Crippen LogP contribution in [0.3, 0.4) is 0 Å². The van der Waals surface area contributed by atoms with Crippen LogP contribution in [0.4, 0.5) is 0 Å². The van der Waals surface area contributed by atoms with Crippen molar-refractivity contribution in [3.05, 3.63) is 34.9 Å². The highest BCUT2D eigenvalue weighted by atomic mass is 16.2. The molecule has 4 aliphatic heterocycles. The van der Waals surface area contributed by atoms with Gasteiger partial charge in [-0.2, -0.15) is 0 Å². The average molecular weight is 469 g/mol. The molecule has 182 valence electrons. The van der Waals surface area contributed by atoms with Crippen LogP contribution in [0.5, 0.6) is 0 Å². The van der Waals surface area contributed by atoms with Crippen LogP contribution in [-0.2, 0) is 16.1 Å². The Morgan fingerprint density at radius 1 is 0.824 bits per heavy atom. The molecule has 0 aliphatic carbocycles. The summed E-state index contributed by atoms with van der Waals surface area (Å²) in [5.41, 5.74) is 1.57. The number of hydrogen-bond acceptors (Lipinski definition) is 8. The predicted octanol–water partition coefficient (Wildman–Crippen LogP) is -0.889. The molecule has 1 unspecified atom stereocenters. The first-order valence-electron chi connectivity index (χ1n) is 12.2. The zero-order valence-corrected chi connectivity index (χ0v) is 19.4. The van der Waals surface area contributed by atoms with Crippen LogP contribution in [0.2, 0.25) is 0 Å². The van der Waals surface area contributed by atoms with Crippen molar-refractivity contribution in [1.29, 1.82) is 0 Å². The van der Waals surface area contributed by atoms with Gasteiger partial charge in [-0.3, -0.25) is 44.1 Å². The Kier molecular flexibility index (Phi) is 6.73. The third-order valence-corrected chi connectivity index (χ3v) is 7.36. The van der Waals surface area contributed by atoms with Gasteiger partial charge in [-0.1, -0.05) is 12.1 Å². The molecular weight excluding hydrogens is 436 g/mol. The molecule has 0 saturated carbocycles. The maximum atomic E-state index is 13.3. The Morgan fingerprint density at radius 2 is 1.50 bits per heavy atom. The summed E-state index contributed by atoms with van der Waals surface area (Å²) in [4.78, 5) is 58.5. The molecule has 1 aromatic carbocycles. The maximum Gasteiger partial charge on any atom is 0.262 e. The lowest BCUT2D eigenvalue weighted by Crippen LogP contribution is -2.54. The van der Waals surface area contributed by atoms with Crippen LogP contribution in [0.1, 0.15) is 39.1 Å². The van der Waals surface area contributed by atoms with Crippen LogP contribution in [-0.4, -0.2) is 115 Å². The second-order valence-corrected chi connectivity index (χ2v) is 9.50. The van der Waals surface area contributed by atoms with Crippen LogP contribution in [0, 0.1) is 0 Å². The number of rotatable bonds is 6. The number of amides is 4. The van der Waals surface area contributed by atoms with E-state index in [0.717, 1.165) is 75.9 Å². The van der Waals surface area contributed by atoms with Gasteiger partial charge in [0, 0.05) is 78.4 Å². The Labute approximate surface area is 199 Å². The van der Waals surface area contributed by atoms with Gasteiger partial charge in [0.05, 0.1) is 11.1 Å². The molecule has 4 amide bonds. The van der Waals surface area contributed by atoms with Gasteiger partial charge in [-0.15, -0.1) is 0 Å². The fourth-order valence-corrected chi connectivity index (χ4v) is 5.35. The van der Waals surface area contributed by atoms with Gasteiger partial charge in [0.15, 0.2) is 0 Å². The third-order valence-electron chi connectivity index (χ3n) is 7.36. The molecule has 1 aromatic rings. The van der Waals surface area contributed by atoms with Crippen molar-refractivity contribution in [2.24, 2.45) is 0 Å². The molecular formula is C24H32N6O4. The predicted molar refractivity (Wildman–Crippen MR) is 124 cm³/mol. The summed E-state index contributed by atoms with van der Waals surface area (Å²) < 4.78 is 0. The summed E-state index contributed by atoms with van der Waals surface area (Å²) in [5.74, 6) is -1.83. The number of carbonyl (C=O) groups is 4. The number of nitrogens with one attached hydrogen (secondary N) is 2. The Bertz CT molecular complexity index is 984. The van der Waals surface area contributed by atoms with Crippen molar-refractivity contribution >= 4 is 23.6 Å². The Balaban J connectivity index is 1.20. The van der Waals surface area contributed by atoms with Crippen molar-refractivity contribution < 1.29 is 19.2 Å². The summed E-state index contributed by atoms with van der Waals surface area (Å²) in [5, 5.41) is 5.63. The number of benzene rings is 1. The van der Waals surface area contributed by atoms with E-state index in [-0.39, 0.29) is 18.7 Å². The first kappa shape index (κ1) is 23.1. The van der Waals surface area contributed by atoms with Gasteiger partial charge < -0.3 is 5.32 Å². The minimum absolute atomic E-state index is 0.121. The number of fused-ring (bicyclic) bond motifs is 1. The van der Waals surface area contributed by atoms with Crippen molar-refractivity contribution in [2.75, 3.05) is 65.4 Å². The molecule has 0 bridgehead atoms. The van der Waals surface area contributed by atoms with E-state index in [1.54, 1.807) is 12.1 Å². The standard InChI is InChI=1S/C24H32N6O4/c31-20-5-4-19(22(32)26-20)30-23(33)18-3-1-2-17(21(18)24(30)34)16-29-14-12-28(13-15-29)11-10-27-8-6-25-7-9-27/h1-3,19,25H,4-16H2,(H,26,31,32). The highest BCUT2D eigenvalue weighted by Crippen LogP contribution is 2.30. The second-order valence-electron chi connectivity index (χ2n) is 9.50. The summed E-state index contributed by atoms with van der Waals surface area (Å²) in [7, 11) is 0. The zero-order valence-electron chi connectivity index (χ0n) is 19.4. The van der Waals surface area contributed by atoms with Crippen molar-refractivity contribution in [1.82, 2.24) is 30.2 Å². The topological polar surface area (TPSA) is 105 Å². The molecule has 4 heterocycles. The second kappa shape index (κ2) is 9.91. The van der Waals surface area contributed by atoms with E-state index in [2.05, 4.69) is 25.3 Å². The Morgan fingerprint density at radius 3 is 2.21 bits per heavy atom. The fourth-order valence-electron chi connectivity index (χ4n) is 5.35. The first-order chi connectivity index (χ1) is 16.5. The summed E-state index contributed by atoms with van der Waals surface area (Å²) >= 11 is 0. The van der Waals surface area contributed by atoms with Crippen molar-refractivity contribution in [2.45, 2.75) is 25.4 Å². The lowest BCUT2D eigenvalue weighted by Gasteiger charge is -2.36. The van der Waals surface area contributed by atoms with Gasteiger partial charge in [0.25, 0.3) is 11.8 Å². The Hall–Kier alpha value is -2.66. The van der Waals surface area contributed by atoms with Gasteiger partial charge in [0.2, 0.25) is 11.8 Å². The van der Waals surface area contributed by atoms with E-state index in [1.165, 1.54) is 0 Å². The number of piperidine rings is 1. The van der Waals surface area contributed by atoms with Gasteiger partial charge in [-0.05, 0) is 18.1 Å². The van der Waals surface area contributed by atoms with Crippen molar-refractivity contribution in [3.8, 4) is 0 Å². The van der Waals surface area contributed by atoms with E-state index in [4.69, 9.17) is 0 Å². The maximum absolute atomic E-state index is 13.3. The summed E-state index contributed by atoms with van der Waals surface area (Å²) in [6.45, 7) is 10.9.